The quantitative estimate of drug-likeness (QED) is 0.212. The number of hydrogen-bond acceptors (Lipinski definition) is 8. The van der Waals surface area contributed by atoms with Gasteiger partial charge in [-0.25, -0.2) is 14.4 Å². The Morgan fingerprint density at radius 2 is 1.77 bits per heavy atom. The maximum absolute atomic E-state index is 15.0. The second-order valence-electron chi connectivity index (χ2n) is 16.6. The predicted molar refractivity (Wildman–Crippen MR) is 204 cm³/mol. The zero-order chi connectivity index (χ0) is 37.2. The highest BCUT2D eigenvalue weighted by molar-refractivity contribution is 6.09. The Morgan fingerprint density at radius 3 is 2.47 bits per heavy atom. The zero-order valence-electron chi connectivity index (χ0n) is 31.5. The van der Waals surface area contributed by atoms with Gasteiger partial charge in [-0.3, -0.25) is 14.6 Å². The molecule has 280 valence electrons. The van der Waals surface area contributed by atoms with Gasteiger partial charge < -0.3 is 29.7 Å². The number of piperidine rings is 2. The number of nitrogens with zero attached hydrogens (tertiary/aromatic N) is 7. The molecule has 0 atom stereocenters. The summed E-state index contributed by atoms with van der Waals surface area (Å²) >= 11 is 0. The van der Waals surface area contributed by atoms with Crippen LogP contribution in [0.3, 0.4) is 0 Å². The van der Waals surface area contributed by atoms with Crippen LogP contribution >= 0.6 is 0 Å². The van der Waals surface area contributed by atoms with Gasteiger partial charge in [0.1, 0.15) is 5.52 Å². The van der Waals surface area contributed by atoms with Gasteiger partial charge in [0.15, 0.2) is 11.6 Å². The third-order valence-corrected chi connectivity index (χ3v) is 12.3. The van der Waals surface area contributed by atoms with Gasteiger partial charge in [-0.05, 0) is 110 Å². The number of anilines is 3. The molecule has 0 unspecified atom stereocenters. The molecule has 11 nitrogen and oxygen atoms in total. The SMILES string of the molecule is Cc1cc(Nc2nc(-c3ccc4c(c3)N([C@H]3C[C@@H](N5CCCCC5)C3)C(=O)C43CCN(C(=O)C(C)(C)CO)CC3)cc3ncn(C(C)C)c23)c(F)cn1. The molecular weight excluding hydrogens is 672 g/mol. The highest BCUT2D eigenvalue weighted by atomic mass is 19.1. The number of halogens is 1. The van der Waals surface area contributed by atoms with Gasteiger partial charge in [0.25, 0.3) is 0 Å². The average molecular weight is 723 g/mol. The molecule has 1 spiro atoms. The maximum Gasteiger partial charge on any atom is 0.238 e. The molecule has 2 saturated heterocycles. The molecule has 6 heterocycles. The minimum Gasteiger partial charge on any atom is -0.395 e. The van der Waals surface area contributed by atoms with Gasteiger partial charge in [-0.2, -0.15) is 0 Å². The topological polar surface area (TPSA) is 120 Å². The predicted octanol–water partition coefficient (Wildman–Crippen LogP) is 6.51. The summed E-state index contributed by atoms with van der Waals surface area (Å²) in [4.78, 5) is 48.7. The van der Waals surface area contributed by atoms with Crippen LogP contribution in [0, 0.1) is 18.2 Å². The smallest absolute Gasteiger partial charge is 0.238 e. The maximum atomic E-state index is 15.0. The van der Waals surface area contributed by atoms with Crippen molar-refractivity contribution in [1.29, 1.82) is 0 Å². The number of aryl methyl sites for hydroxylation is 1. The fourth-order valence-electron chi connectivity index (χ4n) is 8.99. The number of amides is 2. The highest BCUT2D eigenvalue weighted by Crippen LogP contribution is 2.52. The first-order valence-corrected chi connectivity index (χ1v) is 19.3. The molecule has 1 saturated carbocycles. The number of carbonyl (C=O) groups excluding carboxylic acids is 2. The molecular formula is C41H51FN8O3. The number of fused-ring (bicyclic) bond motifs is 3. The number of hydrogen-bond donors (Lipinski definition) is 2. The van der Waals surface area contributed by atoms with Crippen LogP contribution in [0.2, 0.25) is 0 Å². The molecule has 4 aliphatic rings. The van der Waals surface area contributed by atoms with E-state index in [2.05, 4.69) is 46.1 Å². The van der Waals surface area contributed by atoms with Crippen molar-refractivity contribution in [3.8, 4) is 11.3 Å². The molecule has 3 aromatic heterocycles. The zero-order valence-corrected chi connectivity index (χ0v) is 31.5. The average Bonchev–Trinajstić information content (AvgIpc) is 3.67. The van der Waals surface area contributed by atoms with Gasteiger partial charge in [0.05, 0.1) is 46.9 Å². The summed E-state index contributed by atoms with van der Waals surface area (Å²) in [5, 5.41) is 13.1. The van der Waals surface area contributed by atoms with Crippen molar-refractivity contribution in [1.82, 2.24) is 29.3 Å². The number of aliphatic hydroxyl groups excluding tert-OH is 1. The summed E-state index contributed by atoms with van der Waals surface area (Å²) in [5.74, 6) is 0.0674. The first kappa shape index (κ1) is 35.6. The molecule has 0 bridgehead atoms. The van der Waals surface area contributed by atoms with E-state index in [9.17, 15) is 14.7 Å². The molecule has 12 heteroatoms. The van der Waals surface area contributed by atoms with E-state index in [-0.39, 0.29) is 36.2 Å². The molecule has 2 N–H and O–H groups in total. The standard InChI is InChI=1S/C41H51FN8O3/c1-25(2)49-24-44-34-21-32(45-37(36(34)49)46-33-17-26(3)43-22-31(33)42)27-9-10-30-35(18-27)50(29-19-28(20-29)47-13-7-6-8-14-47)39(53)41(30)11-15-48(16-12-41)38(52)40(4,5)23-51/h9-10,17-18,21-22,24-25,28-29,51H,6-8,11-16,19-20,23H2,1-5H3,(H,43,45,46)/t28-,29+. The van der Waals surface area contributed by atoms with Gasteiger partial charge in [0.2, 0.25) is 11.8 Å². The lowest BCUT2D eigenvalue weighted by Gasteiger charge is -2.48. The van der Waals surface area contributed by atoms with Crippen molar-refractivity contribution in [2.45, 2.75) is 103 Å². The number of imidazole rings is 1. The molecule has 2 amide bonds. The number of aliphatic hydroxyl groups is 1. The number of likely N-dealkylation sites (tertiary alicyclic amines) is 2. The number of aromatic nitrogens is 4. The first-order chi connectivity index (χ1) is 25.4. The molecule has 8 rings (SSSR count). The van der Waals surface area contributed by atoms with Crippen LogP contribution in [0.1, 0.15) is 89.9 Å². The van der Waals surface area contributed by atoms with Crippen molar-refractivity contribution >= 4 is 40.0 Å². The fourth-order valence-corrected chi connectivity index (χ4v) is 8.99. The molecule has 0 radical (unpaired) electrons. The summed E-state index contributed by atoms with van der Waals surface area (Å²) in [7, 11) is 0. The highest BCUT2D eigenvalue weighted by Gasteiger charge is 2.56. The van der Waals surface area contributed by atoms with Crippen LogP contribution in [0.15, 0.2) is 42.9 Å². The van der Waals surface area contributed by atoms with Crippen molar-refractivity contribution in [3.63, 3.8) is 0 Å². The second kappa shape index (κ2) is 13.5. The molecule has 1 aliphatic carbocycles. The second-order valence-corrected chi connectivity index (χ2v) is 16.6. The van der Waals surface area contributed by atoms with Crippen LogP contribution in [-0.2, 0) is 15.0 Å². The van der Waals surface area contributed by atoms with Crippen LogP contribution in [0.5, 0.6) is 0 Å². The number of rotatable bonds is 8. The van der Waals surface area contributed by atoms with E-state index in [1.54, 1.807) is 26.2 Å². The van der Waals surface area contributed by atoms with E-state index in [0.29, 0.717) is 49.2 Å². The Morgan fingerprint density at radius 1 is 1.04 bits per heavy atom. The summed E-state index contributed by atoms with van der Waals surface area (Å²) < 4.78 is 17.1. The van der Waals surface area contributed by atoms with E-state index >= 15 is 4.39 Å². The first-order valence-electron chi connectivity index (χ1n) is 19.3. The van der Waals surface area contributed by atoms with Crippen molar-refractivity contribution < 1.29 is 19.1 Å². The van der Waals surface area contributed by atoms with E-state index in [4.69, 9.17) is 9.97 Å². The number of carbonyl (C=O) groups is 2. The Bertz CT molecular complexity index is 2060. The minimum absolute atomic E-state index is 0.0799. The van der Waals surface area contributed by atoms with Crippen LogP contribution in [0.4, 0.5) is 21.6 Å². The van der Waals surface area contributed by atoms with E-state index in [1.807, 2.05) is 28.5 Å². The lowest BCUT2D eigenvalue weighted by Crippen LogP contribution is -2.58. The third kappa shape index (κ3) is 6.07. The van der Waals surface area contributed by atoms with Crippen LogP contribution in [-0.4, -0.2) is 91.1 Å². The normalized spacial score (nSPS) is 21.8. The molecule has 53 heavy (non-hydrogen) atoms. The number of benzene rings is 1. The largest absolute Gasteiger partial charge is 0.395 e. The van der Waals surface area contributed by atoms with E-state index in [1.165, 1.54) is 25.5 Å². The molecule has 4 aromatic rings. The van der Waals surface area contributed by atoms with Gasteiger partial charge >= 0.3 is 0 Å². The lowest BCUT2D eigenvalue weighted by atomic mass is 9.73. The summed E-state index contributed by atoms with van der Waals surface area (Å²) in [6, 6.07) is 10.6. The molecule has 1 aromatic carbocycles. The Kier molecular flexibility index (Phi) is 9.04. The van der Waals surface area contributed by atoms with Gasteiger partial charge in [0, 0.05) is 48.2 Å². The molecule has 3 fully saturated rings. The summed E-state index contributed by atoms with van der Waals surface area (Å²) in [6.45, 7) is 12.4. The Hall–Kier alpha value is -4.42. The van der Waals surface area contributed by atoms with Crippen LogP contribution in [0.25, 0.3) is 22.3 Å². The number of nitrogens with one attached hydrogen (secondary N) is 1. The van der Waals surface area contributed by atoms with Crippen LogP contribution < -0.4 is 10.2 Å². The molecule has 3 aliphatic heterocycles. The lowest BCUT2D eigenvalue weighted by molar-refractivity contribution is -0.145. The minimum atomic E-state index is -0.868. The van der Waals surface area contributed by atoms with Gasteiger partial charge in [-0.1, -0.05) is 18.6 Å². The monoisotopic (exact) mass is 722 g/mol. The van der Waals surface area contributed by atoms with E-state index < -0.39 is 16.6 Å². The van der Waals surface area contributed by atoms with Crippen molar-refractivity contribution in [2.75, 3.05) is 43.0 Å². The third-order valence-electron chi connectivity index (χ3n) is 12.3. The summed E-state index contributed by atoms with van der Waals surface area (Å²) in [5.41, 5.74) is 4.33. The Labute approximate surface area is 310 Å². The summed E-state index contributed by atoms with van der Waals surface area (Å²) in [6.07, 6.45) is 9.72. The fraction of sp³-hybridized carbons (Fsp3) is 0.537. The van der Waals surface area contributed by atoms with Crippen molar-refractivity contribution in [2.24, 2.45) is 5.41 Å². The van der Waals surface area contributed by atoms with E-state index in [0.717, 1.165) is 53.8 Å². The van der Waals surface area contributed by atoms with Gasteiger partial charge in [-0.15, -0.1) is 0 Å². The Balaban J connectivity index is 1.18. The number of pyridine rings is 2. The van der Waals surface area contributed by atoms with Crippen molar-refractivity contribution in [3.05, 3.63) is 59.9 Å².